The molecule has 3 heterocycles. The normalized spacial score (nSPS) is 10.6. The minimum atomic E-state index is -0.187. The topological polar surface area (TPSA) is 71.1 Å². The first kappa shape index (κ1) is 18.5. The van der Waals surface area contributed by atoms with Crippen LogP contribution in [0.15, 0.2) is 59.3 Å². The Labute approximate surface area is 173 Å². The molecular weight excluding hydrogens is 410 g/mol. The van der Waals surface area contributed by atoms with Gasteiger partial charge in [-0.3, -0.25) is 9.59 Å². The van der Waals surface area contributed by atoms with Gasteiger partial charge in [-0.2, -0.15) is 0 Å². The molecule has 140 valence electrons. The number of anilines is 2. The summed E-state index contributed by atoms with van der Waals surface area (Å²) in [5, 5.41) is 10.4. The van der Waals surface area contributed by atoms with Crippen LogP contribution in [0.4, 0.5) is 11.4 Å². The number of hydrogen-bond donors (Lipinski definition) is 2. The van der Waals surface area contributed by atoms with Crippen molar-refractivity contribution in [2.24, 2.45) is 0 Å². The molecule has 0 aliphatic rings. The fourth-order valence-corrected chi connectivity index (χ4v) is 4.92. The molecule has 0 aliphatic carbocycles. The Hall–Kier alpha value is -2.81. The molecule has 0 atom stereocenters. The van der Waals surface area contributed by atoms with Gasteiger partial charge in [0.1, 0.15) is 9.88 Å². The van der Waals surface area contributed by atoms with Crippen molar-refractivity contribution in [1.29, 1.82) is 0 Å². The zero-order valence-corrected chi connectivity index (χ0v) is 17.2. The van der Waals surface area contributed by atoms with E-state index in [1.165, 1.54) is 22.7 Å². The van der Waals surface area contributed by atoms with Gasteiger partial charge >= 0.3 is 0 Å². The highest BCUT2D eigenvalue weighted by molar-refractivity contribution is 7.22. The predicted molar refractivity (Wildman–Crippen MR) is 117 cm³/mol. The number of nitrogens with one attached hydrogen (secondary N) is 2. The van der Waals surface area contributed by atoms with Crippen LogP contribution in [0.5, 0.6) is 0 Å². The van der Waals surface area contributed by atoms with Crippen LogP contribution in [0.3, 0.4) is 0 Å². The molecule has 4 rings (SSSR count). The van der Waals surface area contributed by atoms with E-state index in [2.05, 4.69) is 15.6 Å². The Morgan fingerprint density at radius 1 is 0.857 bits per heavy atom. The molecule has 2 N–H and O–H groups in total. The fraction of sp³-hybridized carbons (Fsp3) is 0.0500. The SMILES string of the molecule is Cc1nc(-c2cccs2)sc1C(=O)Nc1ccc(NC(=O)c2cccs2)cc1. The summed E-state index contributed by atoms with van der Waals surface area (Å²) in [6.07, 6.45) is 0. The van der Waals surface area contributed by atoms with Gasteiger partial charge in [-0.1, -0.05) is 12.1 Å². The highest BCUT2D eigenvalue weighted by Gasteiger charge is 2.17. The third-order valence-corrected chi connectivity index (χ3v) is 6.94. The Morgan fingerprint density at radius 2 is 1.50 bits per heavy atom. The van der Waals surface area contributed by atoms with Crippen molar-refractivity contribution in [3.8, 4) is 9.88 Å². The van der Waals surface area contributed by atoms with Gasteiger partial charge < -0.3 is 10.6 Å². The number of rotatable bonds is 5. The number of aryl methyl sites for hydroxylation is 1. The van der Waals surface area contributed by atoms with Crippen molar-refractivity contribution in [1.82, 2.24) is 4.98 Å². The summed E-state index contributed by atoms with van der Waals surface area (Å²) in [5.74, 6) is -0.332. The van der Waals surface area contributed by atoms with E-state index in [0.717, 1.165) is 9.88 Å². The van der Waals surface area contributed by atoms with Gasteiger partial charge in [0.25, 0.3) is 11.8 Å². The molecule has 0 fully saturated rings. The molecule has 3 aromatic heterocycles. The second-order valence-electron chi connectivity index (χ2n) is 5.87. The summed E-state index contributed by atoms with van der Waals surface area (Å²) in [7, 11) is 0. The molecule has 0 saturated carbocycles. The van der Waals surface area contributed by atoms with Crippen molar-refractivity contribution in [2.75, 3.05) is 10.6 Å². The van der Waals surface area contributed by atoms with E-state index in [9.17, 15) is 9.59 Å². The second kappa shape index (κ2) is 8.05. The van der Waals surface area contributed by atoms with Crippen molar-refractivity contribution in [2.45, 2.75) is 6.92 Å². The summed E-state index contributed by atoms with van der Waals surface area (Å²) >= 11 is 4.38. The second-order valence-corrected chi connectivity index (χ2v) is 8.77. The maximum atomic E-state index is 12.6. The van der Waals surface area contributed by atoms with Crippen LogP contribution < -0.4 is 10.6 Å². The summed E-state index contributed by atoms with van der Waals surface area (Å²) in [5.41, 5.74) is 2.04. The van der Waals surface area contributed by atoms with E-state index in [4.69, 9.17) is 0 Å². The van der Waals surface area contributed by atoms with E-state index in [-0.39, 0.29) is 11.8 Å². The van der Waals surface area contributed by atoms with Gasteiger partial charge in [0.05, 0.1) is 15.4 Å². The molecular formula is C20H15N3O2S3. The molecule has 8 heteroatoms. The molecule has 2 amide bonds. The minimum absolute atomic E-state index is 0.145. The molecule has 28 heavy (non-hydrogen) atoms. The van der Waals surface area contributed by atoms with E-state index in [1.807, 2.05) is 35.9 Å². The first-order chi connectivity index (χ1) is 13.6. The standard InChI is InChI=1S/C20H15N3O2S3/c1-12-17(28-20(21-12)16-5-3-11-27-16)19(25)23-14-8-6-13(7-9-14)22-18(24)15-4-2-10-26-15/h2-11H,1H3,(H,22,24)(H,23,25). The lowest BCUT2D eigenvalue weighted by molar-refractivity contribution is 0.102. The summed E-state index contributed by atoms with van der Waals surface area (Å²) in [6, 6.07) is 14.6. The first-order valence-corrected chi connectivity index (χ1v) is 11.0. The van der Waals surface area contributed by atoms with E-state index >= 15 is 0 Å². The smallest absolute Gasteiger partial charge is 0.267 e. The van der Waals surface area contributed by atoms with Crippen LogP contribution in [0.2, 0.25) is 0 Å². The Bertz CT molecular complexity index is 1100. The lowest BCUT2D eigenvalue weighted by Gasteiger charge is -2.07. The van der Waals surface area contributed by atoms with Crippen molar-refractivity contribution < 1.29 is 9.59 Å². The molecule has 1 aromatic carbocycles. The Kier molecular flexibility index (Phi) is 5.34. The Balaban J connectivity index is 1.43. The first-order valence-electron chi connectivity index (χ1n) is 8.38. The number of aromatic nitrogens is 1. The van der Waals surface area contributed by atoms with Crippen LogP contribution in [-0.4, -0.2) is 16.8 Å². The lowest BCUT2D eigenvalue weighted by atomic mass is 10.2. The van der Waals surface area contributed by atoms with Crippen LogP contribution in [0, 0.1) is 6.92 Å². The van der Waals surface area contributed by atoms with Crippen LogP contribution >= 0.6 is 34.0 Å². The van der Waals surface area contributed by atoms with Gasteiger partial charge in [0, 0.05) is 11.4 Å². The number of thiophene rings is 2. The maximum Gasteiger partial charge on any atom is 0.267 e. The molecule has 0 saturated heterocycles. The quantitative estimate of drug-likeness (QED) is 0.428. The number of thiazole rings is 1. The molecule has 5 nitrogen and oxygen atoms in total. The van der Waals surface area contributed by atoms with E-state index < -0.39 is 0 Å². The number of carbonyl (C=O) groups excluding carboxylic acids is 2. The van der Waals surface area contributed by atoms with E-state index in [1.54, 1.807) is 41.7 Å². The largest absolute Gasteiger partial charge is 0.321 e. The summed E-state index contributed by atoms with van der Waals surface area (Å²) < 4.78 is 0. The third-order valence-electron chi connectivity index (χ3n) is 3.88. The number of nitrogens with zero attached hydrogens (tertiary/aromatic N) is 1. The fourth-order valence-electron chi connectivity index (χ4n) is 2.54. The van der Waals surface area contributed by atoms with Crippen LogP contribution in [0.25, 0.3) is 9.88 Å². The average Bonchev–Trinajstić information content (AvgIpc) is 3.44. The predicted octanol–water partition coefficient (Wildman–Crippen LogP) is 5.75. The average molecular weight is 426 g/mol. The Morgan fingerprint density at radius 3 is 2.11 bits per heavy atom. The molecule has 0 radical (unpaired) electrons. The van der Waals surface area contributed by atoms with Gasteiger partial charge in [0.2, 0.25) is 0 Å². The highest BCUT2D eigenvalue weighted by Crippen LogP contribution is 2.31. The van der Waals surface area contributed by atoms with Gasteiger partial charge in [-0.05, 0) is 54.1 Å². The number of hydrogen-bond acceptors (Lipinski definition) is 6. The number of benzene rings is 1. The van der Waals surface area contributed by atoms with E-state index in [0.29, 0.717) is 26.8 Å². The molecule has 0 aliphatic heterocycles. The van der Waals surface area contributed by atoms with Crippen LogP contribution in [0.1, 0.15) is 25.0 Å². The van der Waals surface area contributed by atoms with Gasteiger partial charge in [0.15, 0.2) is 0 Å². The third kappa shape index (κ3) is 4.04. The maximum absolute atomic E-state index is 12.6. The molecule has 0 unspecified atom stereocenters. The van der Waals surface area contributed by atoms with Crippen molar-refractivity contribution >= 4 is 57.2 Å². The van der Waals surface area contributed by atoms with Crippen molar-refractivity contribution in [3.63, 3.8) is 0 Å². The van der Waals surface area contributed by atoms with Gasteiger partial charge in [-0.25, -0.2) is 4.98 Å². The lowest BCUT2D eigenvalue weighted by Crippen LogP contribution is -2.12. The van der Waals surface area contributed by atoms with Crippen molar-refractivity contribution in [3.05, 3.63) is 74.7 Å². The monoisotopic (exact) mass is 425 g/mol. The zero-order valence-electron chi connectivity index (χ0n) is 14.8. The summed E-state index contributed by atoms with van der Waals surface area (Å²) in [6.45, 7) is 1.84. The summed E-state index contributed by atoms with van der Waals surface area (Å²) in [4.78, 5) is 31.5. The molecule has 4 aromatic rings. The number of amides is 2. The van der Waals surface area contributed by atoms with Crippen LogP contribution in [-0.2, 0) is 0 Å². The minimum Gasteiger partial charge on any atom is -0.321 e. The van der Waals surface area contributed by atoms with Gasteiger partial charge in [-0.15, -0.1) is 34.0 Å². The zero-order chi connectivity index (χ0) is 19.5. The highest BCUT2D eigenvalue weighted by atomic mass is 32.1. The molecule has 0 spiro atoms. The number of carbonyl (C=O) groups is 2. The molecule has 0 bridgehead atoms.